The summed E-state index contributed by atoms with van der Waals surface area (Å²) in [5.74, 6) is 1.25. The first-order chi connectivity index (χ1) is 18.2. The van der Waals surface area contributed by atoms with Gasteiger partial charge in [-0.15, -0.1) is 30.8 Å². The number of Topliss-reactive ketones (excluding diaryl/α,β-unsaturated/α-hetero) is 1. The Balaban J connectivity index is 0.000000538. The van der Waals surface area contributed by atoms with Crippen LogP contribution in [0, 0.1) is 12.8 Å². The predicted octanol–water partition coefficient (Wildman–Crippen LogP) is 4.24. The van der Waals surface area contributed by atoms with Crippen LogP contribution in [0.2, 0.25) is 0 Å². The van der Waals surface area contributed by atoms with Gasteiger partial charge < -0.3 is 14.9 Å². The molecule has 1 amide bonds. The average Bonchev–Trinajstić information content (AvgIpc) is 3.57. The Morgan fingerprint density at radius 2 is 1.67 bits per heavy atom. The van der Waals surface area contributed by atoms with Crippen LogP contribution < -0.4 is 56.7 Å². The first-order valence-electron chi connectivity index (χ1n) is 12.9. The number of ketones is 1. The standard InChI is InChI=1S/C12H14NO.C12H16.C8H10OS.CHO.K/c1-8-3-4-9-6-11(12(14)13-2)7-10(9)5-8;1-11(2)7-6-10-12-8-4-3-5-9-12;1-3-7-4-5-10-8(7)6(2)9;1-2;/h3-5H,6-7H2,1-2H3,(H,13,14);3-5,8-9H,1,6-7,10H2,2H3;4-5H,3H2,1-2H3;1H;/q-1;;;-1;+1. The van der Waals surface area contributed by atoms with Crippen LogP contribution in [-0.2, 0) is 35.3 Å². The van der Waals surface area contributed by atoms with E-state index in [4.69, 9.17) is 4.79 Å². The van der Waals surface area contributed by atoms with Crippen molar-refractivity contribution < 1.29 is 65.8 Å². The number of nitrogens with one attached hydrogen (secondary N) is 1. The summed E-state index contributed by atoms with van der Waals surface area (Å²) in [6.45, 7) is 15.0. The topological polar surface area (TPSA) is 63.2 Å². The molecule has 1 aromatic heterocycles. The summed E-state index contributed by atoms with van der Waals surface area (Å²) in [6.07, 6.45) is 6.13. The molecule has 0 bridgehead atoms. The van der Waals surface area contributed by atoms with Crippen molar-refractivity contribution in [3.05, 3.63) is 111 Å². The summed E-state index contributed by atoms with van der Waals surface area (Å²) in [5.41, 5.74) is 7.77. The van der Waals surface area contributed by atoms with Crippen LogP contribution in [0.25, 0.3) is 0 Å². The molecule has 1 heterocycles. The van der Waals surface area contributed by atoms with Crippen LogP contribution in [0.3, 0.4) is 0 Å². The molecule has 0 unspecified atom stereocenters. The number of aryl methyl sites for hydroxylation is 3. The van der Waals surface area contributed by atoms with Crippen LogP contribution in [-0.4, -0.2) is 25.5 Å². The molecule has 4 rings (SSSR count). The molecule has 1 N–H and O–H groups in total. The van der Waals surface area contributed by atoms with E-state index in [1.807, 2.05) is 11.4 Å². The van der Waals surface area contributed by atoms with E-state index in [1.165, 1.54) is 57.6 Å². The third-order valence-corrected chi connectivity index (χ3v) is 7.13. The minimum atomic E-state index is 0. The smallest absolute Gasteiger partial charge is 0.545 e. The number of rotatable bonds is 7. The molecule has 0 spiro atoms. The van der Waals surface area contributed by atoms with Gasteiger partial charge in [0, 0.05) is 7.05 Å². The van der Waals surface area contributed by atoms with Gasteiger partial charge in [0.25, 0.3) is 0 Å². The Morgan fingerprint density at radius 1 is 1.03 bits per heavy atom. The van der Waals surface area contributed by atoms with Gasteiger partial charge in [0.15, 0.2) is 5.78 Å². The SMILES string of the molecule is C=C(C)CCCc1ccccc1.CCc1ccsc1C(C)=O.CNC(=O)[C-]1Cc2ccc(C)cc2C1.[CH-]=O.[K+]. The molecule has 0 aliphatic heterocycles. The van der Waals surface area contributed by atoms with Gasteiger partial charge in [0.1, 0.15) is 0 Å². The van der Waals surface area contributed by atoms with Gasteiger partial charge in [0.2, 0.25) is 0 Å². The molecule has 3 aromatic rings. The molecule has 0 fully saturated rings. The van der Waals surface area contributed by atoms with Gasteiger partial charge in [-0.05, 0) is 69.0 Å². The number of carbonyl (C=O) groups is 2. The van der Waals surface area contributed by atoms with Crippen molar-refractivity contribution in [2.45, 2.75) is 66.2 Å². The van der Waals surface area contributed by atoms with Gasteiger partial charge in [-0.3, -0.25) is 17.5 Å². The molecule has 204 valence electrons. The summed E-state index contributed by atoms with van der Waals surface area (Å²) >= 11 is 1.53. The van der Waals surface area contributed by atoms with Crippen molar-refractivity contribution in [2.75, 3.05) is 7.05 Å². The molecule has 0 atom stereocenters. The van der Waals surface area contributed by atoms with E-state index in [2.05, 4.69) is 88.0 Å². The van der Waals surface area contributed by atoms with Crippen LogP contribution in [0.5, 0.6) is 0 Å². The Labute approximate surface area is 282 Å². The summed E-state index contributed by atoms with van der Waals surface area (Å²) < 4.78 is 0. The summed E-state index contributed by atoms with van der Waals surface area (Å²) in [7, 11) is 1.68. The van der Waals surface area contributed by atoms with Gasteiger partial charge in [-0.1, -0.05) is 77.7 Å². The van der Waals surface area contributed by atoms with Gasteiger partial charge in [-0.25, -0.2) is 0 Å². The summed E-state index contributed by atoms with van der Waals surface area (Å²) in [5, 5.41) is 4.65. The normalized spacial score (nSPS) is 10.6. The first kappa shape index (κ1) is 37.2. The third kappa shape index (κ3) is 13.9. The minimum absolute atomic E-state index is 0. The van der Waals surface area contributed by atoms with E-state index in [0.717, 1.165) is 36.5 Å². The molecule has 4 nitrogen and oxygen atoms in total. The number of allylic oxidation sites excluding steroid dienone is 1. The largest absolute Gasteiger partial charge is 1.00 e. The number of fused-ring (bicyclic) bond motifs is 1. The van der Waals surface area contributed by atoms with Crippen molar-refractivity contribution in [2.24, 2.45) is 0 Å². The van der Waals surface area contributed by atoms with E-state index in [9.17, 15) is 9.59 Å². The van der Waals surface area contributed by atoms with Crippen molar-refractivity contribution in [1.29, 1.82) is 0 Å². The maximum Gasteiger partial charge on any atom is 1.00 e. The fourth-order valence-electron chi connectivity index (χ4n) is 4.11. The van der Waals surface area contributed by atoms with Crippen molar-refractivity contribution >= 4 is 29.8 Å². The Kier molecular flexibility index (Phi) is 20.0. The van der Waals surface area contributed by atoms with Crippen LogP contribution in [0.15, 0.2) is 72.1 Å². The number of hydrogen-bond donors (Lipinski definition) is 1. The summed E-state index contributed by atoms with van der Waals surface area (Å²) in [4.78, 5) is 31.0. The zero-order valence-corrected chi connectivity index (χ0v) is 28.4. The van der Waals surface area contributed by atoms with Gasteiger partial charge in [0.05, 0.1) is 10.8 Å². The van der Waals surface area contributed by atoms with Crippen LogP contribution in [0.4, 0.5) is 0 Å². The predicted molar refractivity (Wildman–Crippen MR) is 161 cm³/mol. The molecule has 39 heavy (non-hydrogen) atoms. The van der Waals surface area contributed by atoms with Crippen LogP contribution in [0.1, 0.15) is 71.1 Å². The molecule has 6 heteroatoms. The Bertz CT molecular complexity index is 1160. The Hall–Kier alpha value is -1.80. The summed E-state index contributed by atoms with van der Waals surface area (Å²) in [6, 6.07) is 19.0. The molecule has 0 saturated heterocycles. The average molecular weight is 571 g/mol. The fourth-order valence-corrected chi connectivity index (χ4v) is 5.01. The number of carbonyl (C=O) groups excluding carboxylic acids is 3. The van der Waals surface area contributed by atoms with Gasteiger partial charge in [-0.2, -0.15) is 0 Å². The second-order valence-electron chi connectivity index (χ2n) is 9.29. The number of benzene rings is 2. The van der Waals surface area contributed by atoms with E-state index >= 15 is 0 Å². The Morgan fingerprint density at radius 3 is 2.21 bits per heavy atom. The molecule has 0 saturated carbocycles. The van der Waals surface area contributed by atoms with E-state index in [1.54, 1.807) is 14.0 Å². The molecule has 0 radical (unpaired) electrons. The first-order valence-corrected chi connectivity index (χ1v) is 13.8. The number of hydrogen-bond acceptors (Lipinski definition) is 4. The fraction of sp³-hybridized carbons (Fsp3) is 0.333. The zero-order valence-electron chi connectivity index (χ0n) is 24.4. The third-order valence-electron chi connectivity index (χ3n) is 6.08. The molecule has 1 aliphatic carbocycles. The maximum absolute atomic E-state index is 11.4. The van der Waals surface area contributed by atoms with Gasteiger partial charge >= 0.3 is 51.4 Å². The minimum Gasteiger partial charge on any atom is -0.545 e. The monoisotopic (exact) mass is 570 g/mol. The maximum atomic E-state index is 11.4. The second kappa shape index (κ2) is 21.0. The second-order valence-corrected chi connectivity index (χ2v) is 10.2. The van der Waals surface area contributed by atoms with Crippen LogP contribution >= 0.6 is 11.3 Å². The van der Waals surface area contributed by atoms with Crippen molar-refractivity contribution in [3.8, 4) is 0 Å². The molecule has 2 aromatic carbocycles. The van der Waals surface area contributed by atoms with E-state index in [0.29, 0.717) is 0 Å². The zero-order chi connectivity index (χ0) is 28.5. The van der Waals surface area contributed by atoms with E-state index < -0.39 is 0 Å². The molecular weight excluding hydrogens is 530 g/mol. The molecule has 1 aliphatic rings. The van der Waals surface area contributed by atoms with Crippen molar-refractivity contribution in [3.63, 3.8) is 0 Å². The van der Waals surface area contributed by atoms with Crippen molar-refractivity contribution in [1.82, 2.24) is 5.32 Å². The number of thiophene rings is 1. The number of amides is 1. The quantitative estimate of drug-likeness (QED) is 0.152. The molecular formula is C33H41KNO3S-. The van der Waals surface area contributed by atoms with E-state index in [-0.39, 0.29) is 63.1 Å².